The summed E-state index contributed by atoms with van der Waals surface area (Å²) in [4.78, 5) is 25.1. The molecule has 0 amide bonds. The first kappa shape index (κ1) is 21.4. The lowest BCUT2D eigenvalue weighted by atomic mass is 10.1. The Balaban J connectivity index is 1.30. The van der Waals surface area contributed by atoms with Crippen molar-refractivity contribution in [2.24, 2.45) is 0 Å². The van der Waals surface area contributed by atoms with Gasteiger partial charge in [0.05, 0.1) is 4.92 Å². The number of piperidine rings is 1. The van der Waals surface area contributed by atoms with Crippen LogP contribution in [0.25, 0.3) is 6.08 Å². The number of ketones is 1. The molecule has 0 saturated carbocycles. The Kier molecular flexibility index (Phi) is 6.65. The van der Waals surface area contributed by atoms with Crippen molar-refractivity contribution in [2.75, 3.05) is 18.0 Å². The van der Waals surface area contributed by atoms with E-state index < -0.39 is 4.92 Å². The Morgan fingerprint density at radius 1 is 1.00 bits per heavy atom. The molecule has 1 saturated heterocycles. The summed E-state index contributed by atoms with van der Waals surface area (Å²) in [6.07, 6.45) is 6.85. The normalized spacial score (nSPS) is 13.9. The van der Waals surface area contributed by atoms with Crippen LogP contribution in [0.1, 0.15) is 41.1 Å². The molecule has 2 heterocycles. The van der Waals surface area contributed by atoms with E-state index >= 15 is 0 Å². The molecule has 4 rings (SSSR count). The summed E-state index contributed by atoms with van der Waals surface area (Å²) >= 11 is 0. The highest BCUT2D eigenvalue weighted by molar-refractivity contribution is 6.06. The third-order valence-corrected chi connectivity index (χ3v) is 5.38. The monoisotopic (exact) mass is 432 g/mol. The SMILES string of the molecule is O=C(/C=C/c1ccc(COc2ccc([N+](=O)[O-])cc2)o1)c1ccc(N2CCCCC2)cc1. The zero-order chi connectivity index (χ0) is 22.3. The van der Waals surface area contributed by atoms with Crippen molar-refractivity contribution in [2.45, 2.75) is 25.9 Å². The lowest BCUT2D eigenvalue weighted by Gasteiger charge is -2.28. The van der Waals surface area contributed by atoms with E-state index in [0.29, 0.717) is 22.8 Å². The van der Waals surface area contributed by atoms with Gasteiger partial charge < -0.3 is 14.1 Å². The number of carbonyl (C=O) groups excluding carboxylic acids is 1. The molecule has 0 spiro atoms. The number of furan rings is 1. The van der Waals surface area contributed by atoms with Crippen LogP contribution >= 0.6 is 0 Å². The van der Waals surface area contributed by atoms with Crippen LogP contribution in [0.3, 0.4) is 0 Å². The van der Waals surface area contributed by atoms with Crippen LogP contribution in [0.2, 0.25) is 0 Å². The van der Waals surface area contributed by atoms with Gasteiger partial charge in [0.15, 0.2) is 5.78 Å². The van der Waals surface area contributed by atoms with Crippen LogP contribution in [-0.2, 0) is 6.61 Å². The summed E-state index contributed by atoms with van der Waals surface area (Å²) in [6.45, 7) is 2.32. The van der Waals surface area contributed by atoms with Crippen molar-refractivity contribution in [3.8, 4) is 5.75 Å². The maximum Gasteiger partial charge on any atom is 0.269 e. The van der Waals surface area contributed by atoms with Gasteiger partial charge in [0.1, 0.15) is 23.9 Å². The minimum absolute atomic E-state index is 0.00794. The van der Waals surface area contributed by atoms with Gasteiger partial charge >= 0.3 is 0 Å². The van der Waals surface area contributed by atoms with E-state index in [1.54, 1.807) is 18.2 Å². The average Bonchev–Trinajstić information content (AvgIpc) is 3.30. The molecule has 7 heteroatoms. The van der Waals surface area contributed by atoms with Gasteiger partial charge in [-0.05, 0) is 79.9 Å². The van der Waals surface area contributed by atoms with Gasteiger partial charge in [-0.2, -0.15) is 0 Å². The molecule has 0 N–H and O–H groups in total. The van der Waals surface area contributed by atoms with Crippen molar-refractivity contribution in [1.29, 1.82) is 0 Å². The van der Waals surface area contributed by atoms with Gasteiger partial charge in [-0.25, -0.2) is 0 Å². The lowest BCUT2D eigenvalue weighted by molar-refractivity contribution is -0.384. The topological polar surface area (TPSA) is 85.8 Å². The highest BCUT2D eigenvalue weighted by atomic mass is 16.6. The molecule has 32 heavy (non-hydrogen) atoms. The quantitative estimate of drug-likeness (QED) is 0.198. The maximum atomic E-state index is 12.5. The summed E-state index contributed by atoms with van der Waals surface area (Å²) in [5.41, 5.74) is 1.80. The van der Waals surface area contributed by atoms with Crippen LogP contribution < -0.4 is 9.64 Å². The number of ether oxygens (including phenoxy) is 1. The minimum Gasteiger partial charge on any atom is -0.486 e. The number of anilines is 1. The molecule has 0 aliphatic carbocycles. The number of carbonyl (C=O) groups is 1. The smallest absolute Gasteiger partial charge is 0.269 e. The van der Waals surface area contributed by atoms with Crippen LogP contribution in [0.15, 0.2) is 71.2 Å². The van der Waals surface area contributed by atoms with Crippen LogP contribution in [0, 0.1) is 10.1 Å². The highest BCUT2D eigenvalue weighted by Crippen LogP contribution is 2.21. The van der Waals surface area contributed by atoms with Crippen molar-refractivity contribution in [1.82, 2.24) is 0 Å². The van der Waals surface area contributed by atoms with E-state index in [4.69, 9.17) is 9.15 Å². The van der Waals surface area contributed by atoms with Crippen molar-refractivity contribution in [3.05, 3.63) is 93.9 Å². The first-order valence-electron chi connectivity index (χ1n) is 10.6. The second kappa shape index (κ2) is 9.96. The first-order valence-corrected chi connectivity index (χ1v) is 10.6. The predicted octanol–water partition coefficient (Wildman–Crippen LogP) is 5.65. The molecule has 1 aromatic heterocycles. The standard InChI is InChI=1S/C25H24N2O5/c28-25(19-4-6-20(7-5-19)26-16-2-1-3-17-26)15-14-23-12-13-24(32-23)18-31-22-10-8-21(9-11-22)27(29)30/h4-15H,1-3,16-18H2/b15-14+. The summed E-state index contributed by atoms with van der Waals surface area (Å²) in [5.74, 6) is 1.55. The predicted molar refractivity (Wildman–Crippen MR) is 122 cm³/mol. The lowest BCUT2D eigenvalue weighted by Crippen LogP contribution is -2.29. The molecular formula is C25H24N2O5. The van der Waals surface area contributed by atoms with Crippen molar-refractivity contribution >= 4 is 23.2 Å². The van der Waals surface area contributed by atoms with Gasteiger partial charge in [0.2, 0.25) is 0 Å². The summed E-state index contributed by atoms with van der Waals surface area (Å²) in [5, 5.41) is 10.7. The number of rotatable bonds is 8. The number of benzene rings is 2. The molecule has 1 aliphatic heterocycles. The number of non-ortho nitro benzene ring substituents is 1. The Morgan fingerprint density at radius 2 is 1.72 bits per heavy atom. The Bertz CT molecular complexity index is 1090. The molecule has 0 atom stereocenters. The zero-order valence-electron chi connectivity index (χ0n) is 17.6. The number of nitro benzene ring substituents is 1. The van der Waals surface area contributed by atoms with Crippen molar-refractivity contribution < 1.29 is 18.9 Å². The third-order valence-electron chi connectivity index (χ3n) is 5.38. The van der Waals surface area contributed by atoms with E-state index in [0.717, 1.165) is 18.8 Å². The maximum absolute atomic E-state index is 12.5. The number of nitro groups is 1. The molecule has 0 radical (unpaired) electrons. The second-order valence-electron chi connectivity index (χ2n) is 7.64. The van der Waals surface area contributed by atoms with E-state index in [1.807, 2.05) is 24.3 Å². The van der Waals surface area contributed by atoms with Gasteiger partial charge in [0.25, 0.3) is 5.69 Å². The van der Waals surface area contributed by atoms with E-state index in [-0.39, 0.29) is 18.1 Å². The molecule has 1 fully saturated rings. The Hall–Kier alpha value is -3.87. The van der Waals surface area contributed by atoms with Crippen LogP contribution in [0.4, 0.5) is 11.4 Å². The number of hydrogen-bond acceptors (Lipinski definition) is 6. The fourth-order valence-corrected chi connectivity index (χ4v) is 3.62. The molecule has 0 unspecified atom stereocenters. The number of allylic oxidation sites excluding steroid dienone is 1. The molecule has 0 bridgehead atoms. The minimum atomic E-state index is -0.459. The first-order chi connectivity index (χ1) is 15.6. The van der Waals surface area contributed by atoms with E-state index in [2.05, 4.69) is 4.90 Å². The van der Waals surface area contributed by atoms with E-state index in [1.165, 1.54) is 49.6 Å². The molecule has 164 valence electrons. The molecule has 1 aliphatic rings. The van der Waals surface area contributed by atoms with Gasteiger partial charge in [-0.15, -0.1) is 0 Å². The molecule has 3 aromatic rings. The third kappa shape index (κ3) is 5.43. The summed E-state index contributed by atoms with van der Waals surface area (Å²) < 4.78 is 11.3. The van der Waals surface area contributed by atoms with Gasteiger partial charge in [-0.3, -0.25) is 14.9 Å². The summed E-state index contributed by atoms with van der Waals surface area (Å²) in [6, 6.07) is 17.1. The zero-order valence-corrected chi connectivity index (χ0v) is 17.6. The van der Waals surface area contributed by atoms with Gasteiger partial charge in [0, 0.05) is 36.5 Å². The van der Waals surface area contributed by atoms with Crippen molar-refractivity contribution in [3.63, 3.8) is 0 Å². The molecule has 2 aromatic carbocycles. The summed E-state index contributed by atoms with van der Waals surface area (Å²) in [7, 11) is 0. The number of nitrogens with zero attached hydrogens (tertiary/aromatic N) is 2. The number of hydrogen-bond donors (Lipinski definition) is 0. The molecule has 7 nitrogen and oxygen atoms in total. The Labute approximate surface area is 186 Å². The average molecular weight is 432 g/mol. The highest BCUT2D eigenvalue weighted by Gasteiger charge is 2.11. The van der Waals surface area contributed by atoms with Crippen LogP contribution in [0.5, 0.6) is 5.75 Å². The Morgan fingerprint density at radius 3 is 2.41 bits per heavy atom. The fourth-order valence-electron chi connectivity index (χ4n) is 3.62. The van der Waals surface area contributed by atoms with Crippen LogP contribution in [-0.4, -0.2) is 23.8 Å². The largest absolute Gasteiger partial charge is 0.486 e. The fraction of sp³-hybridized carbons (Fsp3) is 0.240. The molecular weight excluding hydrogens is 408 g/mol. The second-order valence-corrected chi connectivity index (χ2v) is 7.64. The van der Waals surface area contributed by atoms with Gasteiger partial charge in [-0.1, -0.05) is 0 Å². The van der Waals surface area contributed by atoms with E-state index in [9.17, 15) is 14.9 Å².